The highest BCUT2D eigenvalue weighted by molar-refractivity contribution is 5.82. The minimum Gasteiger partial charge on any atom is -0.380 e. The van der Waals surface area contributed by atoms with Crippen molar-refractivity contribution in [2.45, 2.75) is 31.5 Å². The molecule has 2 atom stereocenters. The molecule has 18 heavy (non-hydrogen) atoms. The summed E-state index contributed by atoms with van der Waals surface area (Å²) in [7, 11) is 1.70. The number of rotatable bonds is 2. The van der Waals surface area contributed by atoms with E-state index >= 15 is 0 Å². The van der Waals surface area contributed by atoms with E-state index in [4.69, 9.17) is 4.74 Å². The van der Waals surface area contributed by atoms with Crippen LogP contribution in [0.1, 0.15) is 17.8 Å². The van der Waals surface area contributed by atoms with E-state index in [2.05, 4.69) is 15.3 Å². The lowest BCUT2D eigenvalue weighted by Gasteiger charge is -2.26. The molecule has 3 heterocycles. The first-order valence-electron chi connectivity index (χ1n) is 6.34. The molecule has 0 aliphatic carbocycles. The summed E-state index contributed by atoms with van der Waals surface area (Å²) in [4.78, 5) is 21.6. The van der Waals surface area contributed by atoms with Crippen molar-refractivity contribution < 1.29 is 9.53 Å². The van der Waals surface area contributed by atoms with Crippen molar-refractivity contribution in [2.24, 2.45) is 0 Å². The zero-order valence-corrected chi connectivity index (χ0v) is 10.5. The van der Waals surface area contributed by atoms with E-state index in [1.165, 1.54) is 0 Å². The number of carbonyl (C=O) groups excluding carboxylic acids is 1. The second kappa shape index (κ2) is 4.70. The lowest BCUT2D eigenvalue weighted by molar-refractivity contribution is -0.133. The topological polar surface area (TPSA) is 70.2 Å². The van der Waals surface area contributed by atoms with Crippen molar-refractivity contribution in [1.82, 2.24) is 20.2 Å². The fraction of sp³-hybridized carbons (Fsp3) is 0.667. The number of fused-ring (bicyclic) bond motifs is 1. The minimum atomic E-state index is -0.142. The fourth-order valence-electron chi connectivity index (χ4n) is 2.68. The van der Waals surface area contributed by atoms with Crippen molar-refractivity contribution in [2.75, 3.05) is 20.2 Å². The average molecular weight is 250 g/mol. The Morgan fingerprint density at radius 3 is 3.28 bits per heavy atom. The number of imidazole rings is 1. The van der Waals surface area contributed by atoms with Crippen LogP contribution in [0.5, 0.6) is 0 Å². The number of H-pyrrole nitrogens is 1. The largest absolute Gasteiger partial charge is 0.380 e. The maximum absolute atomic E-state index is 12.4. The number of aromatic amines is 1. The Hall–Kier alpha value is -1.40. The van der Waals surface area contributed by atoms with Crippen LogP contribution < -0.4 is 5.32 Å². The molecule has 6 nitrogen and oxygen atoms in total. The molecule has 0 aromatic carbocycles. The molecular weight excluding hydrogens is 232 g/mol. The van der Waals surface area contributed by atoms with Gasteiger partial charge in [0.1, 0.15) is 0 Å². The van der Waals surface area contributed by atoms with Crippen LogP contribution in [0.15, 0.2) is 6.33 Å². The maximum Gasteiger partial charge on any atom is 0.240 e. The molecule has 0 saturated carbocycles. The Morgan fingerprint density at radius 2 is 2.50 bits per heavy atom. The molecule has 0 bridgehead atoms. The Labute approximate surface area is 106 Å². The summed E-state index contributed by atoms with van der Waals surface area (Å²) >= 11 is 0. The monoisotopic (exact) mass is 250 g/mol. The number of carbonyl (C=O) groups is 1. The first-order valence-corrected chi connectivity index (χ1v) is 6.34. The average Bonchev–Trinajstić information content (AvgIpc) is 3.05. The molecule has 98 valence electrons. The van der Waals surface area contributed by atoms with Gasteiger partial charge < -0.3 is 14.6 Å². The number of methoxy groups -OCH3 is 1. The number of nitrogens with one attached hydrogen (secondary N) is 2. The highest BCUT2D eigenvalue weighted by Gasteiger charge is 2.33. The van der Waals surface area contributed by atoms with Gasteiger partial charge in [0.25, 0.3) is 0 Å². The number of nitrogens with zero attached hydrogens (tertiary/aromatic N) is 2. The second-order valence-corrected chi connectivity index (χ2v) is 4.90. The molecule has 1 amide bonds. The fourth-order valence-corrected chi connectivity index (χ4v) is 2.68. The molecule has 1 aromatic heterocycles. The molecule has 2 aliphatic rings. The normalized spacial score (nSPS) is 27.3. The first-order chi connectivity index (χ1) is 8.78. The standard InChI is InChI=1S/C12H18N4O2/c1-18-8-2-3-16(6-8)12(17)10-4-9-11(5-13-10)15-7-14-9/h7-8,10,13H,2-6H2,1H3,(H,14,15). The lowest BCUT2D eigenvalue weighted by Crippen LogP contribution is -2.49. The molecule has 0 spiro atoms. The van der Waals surface area contributed by atoms with Gasteiger partial charge in [0.15, 0.2) is 0 Å². The van der Waals surface area contributed by atoms with Crippen LogP contribution in [0.2, 0.25) is 0 Å². The number of hydrogen-bond acceptors (Lipinski definition) is 4. The third kappa shape index (κ3) is 2.02. The Bertz CT molecular complexity index is 445. The van der Waals surface area contributed by atoms with Crippen LogP contribution >= 0.6 is 0 Å². The molecule has 1 fully saturated rings. The van der Waals surface area contributed by atoms with E-state index in [-0.39, 0.29) is 18.1 Å². The third-order valence-electron chi connectivity index (χ3n) is 3.82. The van der Waals surface area contributed by atoms with E-state index < -0.39 is 0 Å². The summed E-state index contributed by atoms with van der Waals surface area (Å²) < 4.78 is 5.29. The summed E-state index contributed by atoms with van der Waals surface area (Å²) in [6.07, 6.45) is 3.49. The Balaban J connectivity index is 1.64. The van der Waals surface area contributed by atoms with Gasteiger partial charge in [0.05, 0.1) is 29.9 Å². The van der Waals surface area contributed by atoms with Gasteiger partial charge in [-0.25, -0.2) is 4.98 Å². The summed E-state index contributed by atoms with van der Waals surface area (Å²) in [6.45, 7) is 2.19. The van der Waals surface area contributed by atoms with Crippen LogP contribution in [0, 0.1) is 0 Å². The van der Waals surface area contributed by atoms with Gasteiger partial charge in [-0.1, -0.05) is 0 Å². The zero-order valence-electron chi connectivity index (χ0n) is 10.5. The first kappa shape index (κ1) is 11.7. The summed E-state index contributed by atoms with van der Waals surface area (Å²) in [5.41, 5.74) is 2.10. The Kier molecular flexibility index (Phi) is 3.05. The molecule has 1 aromatic rings. The van der Waals surface area contributed by atoms with Gasteiger partial charge >= 0.3 is 0 Å². The van der Waals surface area contributed by atoms with Crippen molar-refractivity contribution >= 4 is 5.91 Å². The van der Waals surface area contributed by atoms with Crippen LogP contribution in [-0.4, -0.2) is 53.1 Å². The number of amides is 1. The quantitative estimate of drug-likeness (QED) is 0.754. The van der Waals surface area contributed by atoms with Gasteiger partial charge in [-0.05, 0) is 6.42 Å². The van der Waals surface area contributed by atoms with E-state index in [1.807, 2.05) is 4.90 Å². The molecule has 2 N–H and O–H groups in total. The highest BCUT2D eigenvalue weighted by Crippen LogP contribution is 2.17. The van der Waals surface area contributed by atoms with E-state index in [0.717, 1.165) is 24.4 Å². The minimum absolute atomic E-state index is 0.142. The predicted molar refractivity (Wildman–Crippen MR) is 64.9 cm³/mol. The summed E-state index contributed by atoms with van der Waals surface area (Å²) in [5, 5.41) is 3.27. The van der Waals surface area contributed by atoms with Crippen LogP contribution in [0.4, 0.5) is 0 Å². The van der Waals surface area contributed by atoms with Crippen molar-refractivity contribution in [3.63, 3.8) is 0 Å². The van der Waals surface area contributed by atoms with Crippen LogP contribution in [-0.2, 0) is 22.5 Å². The molecule has 0 radical (unpaired) electrons. The van der Waals surface area contributed by atoms with Gasteiger partial charge in [-0.2, -0.15) is 0 Å². The maximum atomic E-state index is 12.4. The Morgan fingerprint density at radius 1 is 1.61 bits per heavy atom. The SMILES string of the molecule is COC1CCN(C(=O)C2Cc3nc[nH]c3CN2)C1. The van der Waals surface area contributed by atoms with Gasteiger partial charge in [0, 0.05) is 33.2 Å². The van der Waals surface area contributed by atoms with E-state index in [9.17, 15) is 4.79 Å². The van der Waals surface area contributed by atoms with E-state index in [1.54, 1.807) is 13.4 Å². The third-order valence-corrected chi connectivity index (χ3v) is 3.82. The van der Waals surface area contributed by atoms with Gasteiger partial charge in [-0.3, -0.25) is 10.1 Å². The molecule has 2 aliphatic heterocycles. The molecule has 6 heteroatoms. The van der Waals surface area contributed by atoms with Crippen LogP contribution in [0.25, 0.3) is 0 Å². The van der Waals surface area contributed by atoms with Crippen LogP contribution in [0.3, 0.4) is 0 Å². The highest BCUT2D eigenvalue weighted by atomic mass is 16.5. The van der Waals surface area contributed by atoms with Gasteiger partial charge in [0.2, 0.25) is 5.91 Å². The summed E-state index contributed by atoms with van der Waals surface area (Å²) in [5.74, 6) is 0.170. The van der Waals surface area contributed by atoms with Crippen molar-refractivity contribution in [3.8, 4) is 0 Å². The lowest BCUT2D eigenvalue weighted by atomic mass is 10.0. The van der Waals surface area contributed by atoms with E-state index in [0.29, 0.717) is 19.5 Å². The van der Waals surface area contributed by atoms with Gasteiger partial charge in [-0.15, -0.1) is 0 Å². The molecule has 2 unspecified atom stereocenters. The van der Waals surface area contributed by atoms with Crippen molar-refractivity contribution in [3.05, 3.63) is 17.7 Å². The molecular formula is C12H18N4O2. The van der Waals surface area contributed by atoms with Crippen molar-refractivity contribution in [1.29, 1.82) is 0 Å². The number of aromatic nitrogens is 2. The second-order valence-electron chi connectivity index (χ2n) is 4.90. The smallest absolute Gasteiger partial charge is 0.240 e. The number of likely N-dealkylation sites (tertiary alicyclic amines) is 1. The number of ether oxygens (including phenoxy) is 1. The zero-order chi connectivity index (χ0) is 12.5. The predicted octanol–water partition coefficient (Wildman–Crippen LogP) is -0.329. The summed E-state index contributed by atoms with van der Waals surface area (Å²) in [6, 6.07) is -0.142. The molecule has 3 rings (SSSR count). The number of hydrogen-bond donors (Lipinski definition) is 2. The molecule has 1 saturated heterocycles.